The summed E-state index contributed by atoms with van der Waals surface area (Å²) in [7, 11) is 1.56. The van der Waals surface area contributed by atoms with Gasteiger partial charge in [-0.15, -0.1) is 0 Å². The molecule has 0 radical (unpaired) electrons. The van der Waals surface area contributed by atoms with Crippen LogP contribution >= 0.6 is 0 Å². The molecule has 6 heteroatoms. The summed E-state index contributed by atoms with van der Waals surface area (Å²) in [5, 5.41) is 5.22. The summed E-state index contributed by atoms with van der Waals surface area (Å²) in [6.07, 6.45) is 0. The first-order valence-corrected chi connectivity index (χ1v) is 6.54. The second-order valence-corrected chi connectivity index (χ2v) is 4.88. The highest BCUT2D eigenvalue weighted by Gasteiger charge is 2.21. The molecule has 0 aliphatic carbocycles. The van der Waals surface area contributed by atoms with E-state index in [0.29, 0.717) is 6.54 Å². The van der Waals surface area contributed by atoms with Gasteiger partial charge in [0.1, 0.15) is 0 Å². The molecule has 0 spiro atoms. The Labute approximate surface area is 114 Å². The van der Waals surface area contributed by atoms with E-state index in [1.54, 1.807) is 11.9 Å². The lowest BCUT2D eigenvalue weighted by Gasteiger charge is -2.23. The van der Waals surface area contributed by atoms with E-state index in [0.717, 1.165) is 0 Å². The summed E-state index contributed by atoms with van der Waals surface area (Å²) in [5.41, 5.74) is 0. The lowest BCUT2D eigenvalue weighted by molar-refractivity contribution is -0.129. The molecule has 0 fully saturated rings. The zero-order valence-electron chi connectivity index (χ0n) is 12.4. The van der Waals surface area contributed by atoms with Crippen molar-refractivity contribution in [2.45, 2.75) is 33.7 Å². The van der Waals surface area contributed by atoms with Gasteiger partial charge in [0.2, 0.25) is 11.8 Å². The minimum Gasteiger partial charge on any atom is -0.358 e. The third kappa shape index (κ3) is 6.91. The van der Waals surface area contributed by atoms with Crippen LogP contribution in [0.5, 0.6) is 0 Å². The van der Waals surface area contributed by atoms with Crippen molar-refractivity contribution in [2.24, 2.45) is 5.92 Å². The van der Waals surface area contributed by atoms with Crippen LogP contribution in [0.2, 0.25) is 0 Å². The van der Waals surface area contributed by atoms with Gasteiger partial charge in [-0.2, -0.15) is 0 Å². The average Bonchev–Trinajstić information content (AvgIpc) is 2.33. The van der Waals surface area contributed by atoms with Gasteiger partial charge in [0.05, 0.1) is 19.1 Å². The number of amides is 2. The van der Waals surface area contributed by atoms with E-state index in [1.807, 2.05) is 20.8 Å². The number of nitrogens with one attached hydrogen (secondary N) is 2. The first kappa shape index (κ1) is 17.6. The zero-order valence-corrected chi connectivity index (χ0v) is 12.4. The number of hydrogen-bond acceptors (Lipinski definition) is 4. The number of Topliss-reactive ketones (excluding diaryl/α,β-unsaturated/α-hetero) is 1. The molecule has 0 aliphatic rings. The largest absolute Gasteiger partial charge is 0.358 e. The Morgan fingerprint density at radius 2 is 1.63 bits per heavy atom. The molecule has 0 aromatic rings. The molecule has 0 bridgehead atoms. The highest BCUT2D eigenvalue weighted by atomic mass is 16.2. The lowest BCUT2D eigenvalue weighted by Crippen LogP contribution is -2.48. The van der Waals surface area contributed by atoms with E-state index < -0.39 is 6.04 Å². The zero-order chi connectivity index (χ0) is 15.0. The molecule has 2 N–H and O–H groups in total. The lowest BCUT2D eigenvalue weighted by atomic mass is 10.0. The molecule has 0 saturated carbocycles. The molecule has 19 heavy (non-hydrogen) atoms. The molecular formula is C13H25N3O3. The van der Waals surface area contributed by atoms with Crippen LogP contribution in [-0.2, 0) is 14.4 Å². The Morgan fingerprint density at radius 1 is 1.11 bits per heavy atom. The molecule has 110 valence electrons. The quantitative estimate of drug-likeness (QED) is 0.640. The van der Waals surface area contributed by atoms with Gasteiger partial charge in [-0.3, -0.25) is 19.3 Å². The van der Waals surface area contributed by atoms with Gasteiger partial charge in [-0.25, -0.2) is 0 Å². The number of carbonyl (C=O) groups excluding carboxylic acids is 3. The Kier molecular flexibility index (Phi) is 7.98. The minimum atomic E-state index is -0.466. The summed E-state index contributed by atoms with van der Waals surface area (Å²) >= 11 is 0. The number of hydrogen-bond donors (Lipinski definition) is 2. The maximum Gasteiger partial charge on any atom is 0.234 e. The predicted molar refractivity (Wildman–Crippen MR) is 73.6 cm³/mol. The topological polar surface area (TPSA) is 78.5 Å². The normalized spacial score (nSPS) is 12.4. The smallest absolute Gasteiger partial charge is 0.234 e. The molecule has 0 aliphatic heterocycles. The summed E-state index contributed by atoms with van der Waals surface area (Å²) in [4.78, 5) is 36.2. The van der Waals surface area contributed by atoms with Crippen LogP contribution in [0.1, 0.15) is 27.7 Å². The Morgan fingerprint density at radius 3 is 2.00 bits per heavy atom. The second-order valence-electron chi connectivity index (χ2n) is 4.88. The van der Waals surface area contributed by atoms with Crippen molar-refractivity contribution < 1.29 is 14.4 Å². The van der Waals surface area contributed by atoms with Gasteiger partial charge in [0.15, 0.2) is 5.78 Å². The molecule has 0 aromatic heterocycles. The van der Waals surface area contributed by atoms with Gasteiger partial charge >= 0.3 is 0 Å². The summed E-state index contributed by atoms with van der Waals surface area (Å²) in [6, 6.07) is -0.466. The number of likely N-dealkylation sites (N-methyl/N-ethyl adjacent to an activating group) is 2. The van der Waals surface area contributed by atoms with Crippen molar-refractivity contribution in [3.63, 3.8) is 0 Å². The highest BCUT2D eigenvalue weighted by molar-refractivity contribution is 5.88. The van der Waals surface area contributed by atoms with E-state index in [-0.39, 0.29) is 36.6 Å². The van der Waals surface area contributed by atoms with Gasteiger partial charge in [0, 0.05) is 7.05 Å². The number of rotatable bonds is 8. The number of ketones is 1. The molecule has 0 rings (SSSR count). The Hall–Kier alpha value is -1.43. The third-order valence-corrected chi connectivity index (χ3v) is 2.88. The molecule has 1 unspecified atom stereocenters. The predicted octanol–water partition coefficient (Wildman–Crippen LogP) is -0.216. The molecule has 0 saturated heterocycles. The molecular weight excluding hydrogens is 246 g/mol. The first-order valence-electron chi connectivity index (χ1n) is 6.54. The summed E-state index contributed by atoms with van der Waals surface area (Å²) in [6.45, 7) is 7.98. The van der Waals surface area contributed by atoms with Crippen LogP contribution in [0.25, 0.3) is 0 Å². The Balaban J connectivity index is 4.41. The minimum absolute atomic E-state index is 0.0514. The average molecular weight is 271 g/mol. The highest BCUT2D eigenvalue weighted by Crippen LogP contribution is 2.02. The van der Waals surface area contributed by atoms with Crippen LogP contribution in [0.3, 0.4) is 0 Å². The molecule has 0 aromatic carbocycles. The fraction of sp³-hybridized carbons (Fsp3) is 0.769. The molecule has 0 heterocycles. The number of nitrogens with zero attached hydrogens (tertiary/aromatic N) is 1. The van der Waals surface area contributed by atoms with Crippen molar-refractivity contribution in [2.75, 3.05) is 26.7 Å². The fourth-order valence-corrected chi connectivity index (χ4v) is 1.72. The van der Waals surface area contributed by atoms with Crippen molar-refractivity contribution in [3.8, 4) is 0 Å². The monoisotopic (exact) mass is 271 g/mol. The molecule has 2 amide bonds. The van der Waals surface area contributed by atoms with E-state index in [1.165, 1.54) is 6.92 Å². The van der Waals surface area contributed by atoms with Crippen molar-refractivity contribution in [1.29, 1.82) is 0 Å². The van der Waals surface area contributed by atoms with Gasteiger partial charge in [-0.1, -0.05) is 20.8 Å². The molecule has 6 nitrogen and oxygen atoms in total. The number of carbonyl (C=O) groups is 3. The van der Waals surface area contributed by atoms with Gasteiger partial charge in [0.25, 0.3) is 0 Å². The SMILES string of the molecule is CCN(CC(=O)NC)CC(=O)NC(C(C)=O)C(C)C. The summed E-state index contributed by atoms with van der Waals surface area (Å²) in [5.74, 6) is -0.380. The second kappa shape index (κ2) is 8.63. The maximum absolute atomic E-state index is 11.9. The van der Waals surface area contributed by atoms with E-state index in [9.17, 15) is 14.4 Å². The van der Waals surface area contributed by atoms with Crippen molar-refractivity contribution >= 4 is 17.6 Å². The third-order valence-electron chi connectivity index (χ3n) is 2.88. The van der Waals surface area contributed by atoms with Crippen molar-refractivity contribution in [1.82, 2.24) is 15.5 Å². The first-order chi connectivity index (χ1) is 8.81. The van der Waals surface area contributed by atoms with Crippen molar-refractivity contribution in [3.05, 3.63) is 0 Å². The van der Waals surface area contributed by atoms with Crippen LogP contribution in [0, 0.1) is 5.92 Å². The van der Waals surface area contributed by atoms with Gasteiger partial charge in [-0.05, 0) is 19.4 Å². The van der Waals surface area contributed by atoms with E-state index in [4.69, 9.17) is 0 Å². The van der Waals surface area contributed by atoms with Gasteiger partial charge < -0.3 is 10.6 Å². The van der Waals surface area contributed by atoms with Crippen LogP contribution in [0.15, 0.2) is 0 Å². The molecule has 1 atom stereocenters. The van der Waals surface area contributed by atoms with E-state index >= 15 is 0 Å². The summed E-state index contributed by atoms with van der Waals surface area (Å²) < 4.78 is 0. The fourth-order valence-electron chi connectivity index (χ4n) is 1.72. The van der Waals surface area contributed by atoms with E-state index in [2.05, 4.69) is 10.6 Å². The standard InChI is InChI=1S/C13H25N3O3/c1-6-16(7-11(18)14-5)8-12(19)15-13(9(2)3)10(4)17/h9,13H,6-8H2,1-5H3,(H,14,18)(H,15,19). The maximum atomic E-state index is 11.9. The van der Waals surface area contributed by atoms with Crippen LogP contribution in [-0.4, -0.2) is 55.2 Å². The Bertz CT molecular complexity index is 329. The van der Waals surface area contributed by atoms with Crippen LogP contribution in [0.4, 0.5) is 0 Å². The van der Waals surface area contributed by atoms with Crippen LogP contribution < -0.4 is 10.6 Å².